The van der Waals surface area contributed by atoms with Crippen molar-refractivity contribution in [2.45, 2.75) is 64.1 Å². The normalized spacial score (nSPS) is 21.3. The Morgan fingerprint density at radius 3 is 2.58 bits per heavy atom. The van der Waals surface area contributed by atoms with Gasteiger partial charge in [-0.1, -0.05) is 24.3 Å². The molecule has 2 fully saturated rings. The number of nitrogens with zero attached hydrogens (tertiary/aromatic N) is 4. The van der Waals surface area contributed by atoms with Crippen molar-refractivity contribution < 1.29 is 14.3 Å². The molecule has 3 aromatic rings. The molecule has 1 aliphatic carbocycles. The van der Waals surface area contributed by atoms with Gasteiger partial charge in [-0.2, -0.15) is 0 Å². The number of rotatable bonds is 9. The smallest absolute Gasteiger partial charge is 0.241 e. The van der Waals surface area contributed by atoms with Gasteiger partial charge in [-0.15, -0.1) is 5.10 Å². The highest BCUT2D eigenvalue weighted by atomic mass is 16.5. The van der Waals surface area contributed by atoms with Crippen molar-refractivity contribution >= 4 is 17.4 Å². The fourth-order valence-electron chi connectivity index (χ4n) is 5.74. The maximum absolute atomic E-state index is 11.5. The zero-order chi connectivity index (χ0) is 26.5. The van der Waals surface area contributed by atoms with Crippen LogP contribution in [0.1, 0.15) is 56.7 Å². The fraction of sp³-hybridized carbons (Fsp3) is 0.552. The number of nitrogens with one attached hydrogen (secondary N) is 2. The highest BCUT2D eigenvalue weighted by Gasteiger charge is 2.27. The van der Waals surface area contributed by atoms with Gasteiger partial charge in [0.05, 0.1) is 31.5 Å². The van der Waals surface area contributed by atoms with E-state index in [0.29, 0.717) is 18.5 Å². The van der Waals surface area contributed by atoms with Gasteiger partial charge in [-0.25, -0.2) is 9.50 Å². The maximum Gasteiger partial charge on any atom is 0.241 e. The van der Waals surface area contributed by atoms with Crippen LogP contribution < -0.4 is 10.6 Å². The SMILES string of the molecule is COC[C@H](C)Nc1ncc2c(-c3ccc(CN4CCOCC4)cc3)cc(C3CCC(NC(C)=O)CC3)n2n1. The van der Waals surface area contributed by atoms with Crippen LogP contribution in [0.25, 0.3) is 16.6 Å². The Morgan fingerprint density at radius 1 is 1.16 bits per heavy atom. The van der Waals surface area contributed by atoms with E-state index >= 15 is 0 Å². The summed E-state index contributed by atoms with van der Waals surface area (Å²) in [6, 6.07) is 11.6. The number of ether oxygens (including phenoxy) is 2. The average molecular weight is 521 g/mol. The van der Waals surface area contributed by atoms with Gasteiger partial charge in [0.15, 0.2) is 0 Å². The van der Waals surface area contributed by atoms with Crippen molar-refractivity contribution in [1.82, 2.24) is 24.8 Å². The molecule has 5 rings (SSSR count). The molecule has 204 valence electrons. The Morgan fingerprint density at radius 2 is 1.89 bits per heavy atom. The minimum Gasteiger partial charge on any atom is -0.383 e. The number of fused-ring (bicyclic) bond motifs is 1. The van der Waals surface area contributed by atoms with Crippen molar-refractivity contribution in [2.24, 2.45) is 0 Å². The molecule has 0 spiro atoms. The summed E-state index contributed by atoms with van der Waals surface area (Å²) in [4.78, 5) is 18.6. The number of morpholine rings is 1. The summed E-state index contributed by atoms with van der Waals surface area (Å²) >= 11 is 0. The van der Waals surface area contributed by atoms with Gasteiger partial charge < -0.3 is 20.1 Å². The molecular formula is C29H40N6O3. The Kier molecular flexibility index (Phi) is 8.56. The number of carbonyl (C=O) groups is 1. The van der Waals surface area contributed by atoms with Crippen LogP contribution in [-0.4, -0.2) is 77.5 Å². The van der Waals surface area contributed by atoms with Crippen LogP contribution >= 0.6 is 0 Å². The topological polar surface area (TPSA) is 93.0 Å². The molecule has 0 bridgehead atoms. The molecule has 0 radical (unpaired) electrons. The van der Waals surface area contributed by atoms with Gasteiger partial charge in [-0.05, 0) is 49.8 Å². The summed E-state index contributed by atoms with van der Waals surface area (Å²) in [5.41, 5.74) is 5.85. The Balaban J connectivity index is 1.42. The van der Waals surface area contributed by atoms with E-state index in [1.165, 1.54) is 16.8 Å². The molecule has 1 atom stereocenters. The molecule has 2 aromatic heterocycles. The minimum absolute atomic E-state index is 0.0505. The molecule has 2 aliphatic rings. The number of hydrogen-bond acceptors (Lipinski definition) is 7. The van der Waals surface area contributed by atoms with E-state index in [0.717, 1.165) is 69.6 Å². The number of benzene rings is 1. The number of anilines is 1. The second-order valence-electron chi connectivity index (χ2n) is 10.7. The largest absolute Gasteiger partial charge is 0.383 e. The average Bonchev–Trinajstić information content (AvgIpc) is 3.29. The lowest BCUT2D eigenvalue weighted by Gasteiger charge is -2.28. The molecule has 1 saturated carbocycles. The third-order valence-corrected chi connectivity index (χ3v) is 7.66. The molecule has 3 heterocycles. The first-order valence-electron chi connectivity index (χ1n) is 13.8. The summed E-state index contributed by atoms with van der Waals surface area (Å²) in [5, 5.41) is 11.4. The fourth-order valence-corrected chi connectivity index (χ4v) is 5.74. The molecule has 38 heavy (non-hydrogen) atoms. The molecule has 1 aliphatic heterocycles. The van der Waals surface area contributed by atoms with Crippen LogP contribution in [0.3, 0.4) is 0 Å². The van der Waals surface area contributed by atoms with E-state index in [2.05, 4.69) is 62.3 Å². The molecule has 9 nitrogen and oxygen atoms in total. The molecule has 0 unspecified atom stereocenters. The first kappa shape index (κ1) is 26.6. The number of aromatic nitrogens is 3. The summed E-state index contributed by atoms with van der Waals surface area (Å²) < 4.78 is 12.8. The minimum atomic E-state index is 0.0505. The van der Waals surface area contributed by atoms with Crippen LogP contribution in [0, 0.1) is 0 Å². The van der Waals surface area contributed by atoms with E-state index < -0.39 is 0 Å². The van der Waals surface area contributed by atoms with Crippen molar-refractivity contribution in [2.75, 3.05) is 45.3 Å². The van der Waals surface area contributed by atoms with Gasteiger partial charge in [-0.3, -0.25) is 9.69 Å². The first-order valence-corrected chi connectivity index (χ1v) is 13.8. The van der Waals surface area contributed by atoms with Crippen molar-refractivity contribution in [3.05, 3.63) is 47.8 Å². The van der Waals surface area contributed by atoms with Gasteiger partial charge in [0.25, 0.3) is 0 Å². The lowest BCUT2D eigenvalue weighted by molar-refractivity contribution is -0.119. The molecule has 9 heteroatoms. The van der Waals surface area contributed by atoms with E-state index in [-0.39, 0.29) is 18.0 Å². The van der Waals surface area contributed by atoms with Gasteiger partial charge in [0.2, 0.25) is 11.9 Å². The summed E-state index contributed by atoms with van der Waals surface area (Å²) in [7, 11) is 1.70. The third-order valence-electron chi connectivity index (χ3n) is 7.66. The number of carbonyl (C=O) groups excluding carboxylic acids is 1. The number of hydrogen-bond donors (Lipinski definition) is 2. The lowest BCUT2D eigenvalue weighted by atomic mass is 9.84. The van der Waals surface area contributed by atoms with Gasteiger partial charge in [0.1, 0.15) is 0 Å². The second-order valence-corrected chi connectivity index (χ2v) is 10.7. The summed E-state index contributed by atoms with van der Waals surface area (Å²) in [5.74, 6) is 1.02. The number of amides is 1. The maximum atomic E-state index is 11.5. The van der Waals surface area contributed by atoms with Gasteiger partial charge in [0, 0.05) is 62.9 Å². The second kappa shape index (κ2) is 12.2. The highest BCUT2D eigenvalue weighted by molar-refractivity contribution is 5.81. The summed E-state index contributed by atoms with van der Waals surface area (Å²) in [6.07, 6.45) is 5.91. The van der Waals surface area contributed by atoms with Crippen molar-refractivity contribution in [1.29, 1.82) is 0 Å². The van der Waals surface area contributed by atoms with Gasteiger partial charge >= 0.3 is 0 Å². The summed E-state index contributed by atoms with van der Waals surface area (Å²) in [6.45, 7) is 8.76. The van der Waals surface area contributed by atoms with E-state index in [4.69, 9.17) is 14.6 Å². The highest BCUT2D eigenvalue weighted by Crippen LogP contribution is 2.37. The molecule has 2 N–H and O–H groups in total. The van der Waals surface area contributed by atoms with Crippen LogP contribution in [0.4, 0.5) is 5.95 Å². The van der Waals surface area contributed by atoms with E-state index in [1.807, 2.05) is 6.20 Å². The van der Waals surface area contributed by atoms with Crippen LogP contribution in [0.5, 0.6) is 0 Å². The van der Waals surface area contributed by atoms with E-state index in [1.54, 1.807) is 14.0 Å². The zero-order valence-electron chi connectivity index (χ0n) is 22.8. The van der Waals surface area contributed by atoms with E-state index in [9.17, 15) is 4.79 Å². The zero-order valence-corrected chi connectivity index (χ0v) is 22.8. The van der Waals surface area contributed by atoms with Crippen LogP contribution in [0.2, 0.25) is 0 Å². The first-order chi connectivity index (χ1) is 18.5. The Bertz CT molecular complexity index is 1210. The lowest BCUT2D eigenvalue weighted by Crippen LogP contribution is -2.36. The van der Waals surface area contributed by atoms with Crippen LogP contribution in [0.15, 0.2) is 36.5 Å². The number of methoxy groups -OCH3 is 1. The van der Waals surface area contributed by atoms with Crippen molar-refractivity contribution in [3.8, 4) is 11.1 Å². The molecule has 1 aromatic carbocycles. The Hall–Kier alpha value is -3.01. The monoisotopic (exact) mass is 520 g/mol. The predicted molar refractivity (Wildman–Crippen MR) is 148 cm³/mol. The Labute approximate surface area is 224 Å². The third kappa shape index (κ3) is 6.34. The molecular weight excluding hydrogens is 480 g/mol. The molecule has 1 saturated heterocycles. The quantitative estimate of drug-likeness (QED) is 0.443. The standard InChI is InChI=1S/C29H40N6O3/c1-20(19-37-3)31-29-30-17-28-26(23-6-4-22(5-7-23)18-34-12-14-38-15-13-34)16-27(35(28)33-29)24-8-10-25(11-9-24)32-21(2)36/h4-7,16-17,20,24-25H,8-15,18-19H2,1-3H3,(H,31,33)(H,32,36)/t20-,24?,25?/m0/s1. The predicted octanol–water partition coefficient (Wildman–Crippen LogP) is 3.84. The van der Waals surface area contributed by atoms with Crippen molar-refractivity contribution in [3.63, 3.8) is 0 Å². The molecule has 1 amide bonds. The van der Waals surface area contributed by atoms with Crippen LogP contribution in [-0.2, 0) is 20.8 Å².